The summed E-state index contributed by atoms with van der Waals surface area (Å²) >= 11 is 3.52. The molecule has 10 heteroatoms. The van der Waals surface area contributed by atoms with Crippen molar-refractivity contribution in [2.24, 2.45) is 0 Å². The maximum absolute atomic E-state index is 6.18. The standard InChI is InChI=1S/C19H21BO2.C13H9Br.C12H24B2O4/c1-18(2)19(3,4)22-20(21-18)15-10-9-14-11-13-7-5-6-8-16(13)17(14)12-15;14-11-6-5-10-7-9-3-1-2-4-12(9)13(10)8-11;1-9(2)10(3,4)16-13(15-9)14-17-11(5,6)12(7,8)18-14/h5-10,12H,11H2,1-4H3;1-6,8H,7H2;1-8H3. The molecule has 3 heterocycles. The zero-order chi connectivity index (χ0) is 39.1. The number of rotatable bonds is 2. The van der Waals surface area contributed by atoms with E-state index < -0.39 is 14.0 Å². The Morgan fingerprint density at radius 2 is 0.759 bits per heavy atom. The smallest absolute Gasteiger partial charge is 0.405 e. The summed E-state index contributed by atoms with van der Waals surface area (Å²) in [6.45, 7) is 24.6. The number of benzene rings is 4. The van der Waals surface area contributed by atoms with Crippen molar-refractivity contribution >= 4 is 42.5 Å². The van der Waals surface area contributed by atoms with Crippen LogP contribution in [0, 0.1) is 0 Å². The molecule has 3 saturated heterocycles. The van der Waals surface area contributed by atoms with Gasteiger partial charge in [0, 0.05) is 4.47 Å². The van der Waals surface area contributed by atoms with Gasteiger partial charge in [-0.15, -0.1) is 0 Å². The van der Waals surface area contributed by atoms with Crippen LogP contribution in [0.3, 0.4) is 0 Å². The van der Waals surface area contributed by atoms with Crippen molar-refractivity contribution in [1.29, 1.82) is 0 Å². The van der Waals surface area contributed by atoms with E-state index in [1.165, 1.54) is 44.5 Å². The van der Waals surface area contributed by atoms with Crippen LogP contribution in [0.1, 0.15) is 105 Å². The minimum Gasteiger partial charge on any atom is -0.405 e. The summed E-state index contributed by atoms with van der Waals surface area (Å²) in [5.41, 5.74) is 10.2. The van der Waals surface area contributed by atoms with Crippen LogP contribution < -0.4 is 5.46 Å². The van der Waals surface area contributed by atoms with E-state index in [4.69, 9.17) is 27.9 Å². The van der Waals surface area contributed by atoms with Gasteiger partial charge >= 0.3 is 21.1 Å². The molecule has 0 radical (unpaired) electrons. The van der Waals surface area contributed by atoms with Crippen LogP contribution in [0.25, 0.3) is 22.3 Å². The molecule has 0 amide bonds. The molecule has 9 rings (SSSR count). The second kappa shape index (κ2) is 13.8. The maximum Gasteiger partial charge on any atom is 0.494 e. The highest BCUT2D eigenvalue weighted by atomic mass is 79.9. The van der Waals surface area contributed by atoms with E-state index in [9.17, 15) is 0 Å². The Morgan fingerprint density at radius 1 is 0.407 bits per heavy atom. The van der Waals surface area contributed by atoms with E-state index >= 15 is 0 Å². The summed E-state index contributed by atoms with van der Waals surface area (Å²) in [7, 11) is -1.24. The van der Waals surface area contributed by atoms with E-state index in [1.807, 2.05) is 55.4 Å². The van der Waals surface area contributed by atoms with Crippen molar-refractivity contribution in [3.8, 4) is 22.3 Å². The second-order valence-corrected chi connectivity index (χ2v) is 19.1. The molecule has 5 aliphatic rings. The maximum atomic E-state index is 6.18. The molecular weight excluding hydrogens is 737 g/mol. The average molecular weight is 791 g/mol. The van der Waals surface area contributed by atoms with Gasteiger partial charge in [0.1, 0.15) is 0 Å². The lowest BCUT2D eigenvalue weighted by molar-refractivity contribution is 0.00578. The SMILES string of the molecule is Brc1ccc2c(c1)-c1ccccc1C2.CC1(C)OB(B2OC(C)(C)C(C)(C)O2)OC1(C)C.CC1(C)OB(c2ccc3c(c2)-c2ccccc2C3)OC1(C)C. The molecule has 0 atom stereocenters. The first-order chi connectivity index (χ1) is 25.1. The predicted octanol–water partition coefficient (Wildman–Crippen LogP) is 9.83. The summed E-state index contributed by atoms with van der Waals surface area (Å²) in [6, 6.07) is 30.4. The van der Waals surface area contributed by atoms with Crippen molar-refractivity contribution in [2.45, 2.75) is 130 Å². The first kappa shape index (κ1) is 39.5. The van der Waals surface area contributed by atoms with Gasteiger partial charge in [-0.3, -0.25) is 0 Å². The third-order valence-corrected chi connectivity index (χ3v) is 13.4. The molecule has 0 bridgehead atoms. The summed E-state index contributed by atoms with van der Waals surface area (Å²) in [5, 5.41) is 0. The van der Waals surface area contributed by atoms with Gasteiger partial charge in [0.2, 0.25) is 0 Å². The predicted molar refractivity (Wildman–Crippen MR) is 225 cm³/mol. The quantitative estimate of drug-likeness (QED) is 0.163. The van der Waals surface area contributed by atoms with Crippen molar-refractivity contribution < 1.29 is 27.9 Å². The van der Waals surface area contributed by atoms with Crippen molar-refractivity contribution in [3.63, 3.8) is 0 Å². The lowest BCUT2D eigenvalue weighted by Crippen LogP contribution is -2.41. The van der Waals surface area contributed by atoms with Gasteiger partial charge in [-0.1, -0.05) is 88.7 Å². The third-order valence-electron chi connectivity index (χ3n) is 12.9. The zero-order valence-corrected chi connectivity index (χ0v) is 35.6. The Bertz CT molecular complexity index is 1980. The van der Waals surface area contributed by atoms with Crippen LogP contribution in [0.2, 0.25) is 0 Å². The Balaban J connectivity index is 0.000000128. The van der Waals surface area contributed by atoms with Crippen LogP contribution >= 0.6 is 15.9 Å². The molecule has 4 aromatic rings. The van der Waals surface area contributed by atoms with Crippen LogP contribution in [-0.4, -0.2) is 54.7 Å². The van der Waals surface area contributed by atoms with Gasteiger partial charge < -0.3 is 27.9 Å². The summed E-state index contributed by atoms with van der Waals surface area (Å²) in [6.07, 6.45) is 2.11. The molecule has 0 saturated carbocycles. The highest BCUT2D eigenvalue weighted by molar-refractivity contribution is 9.10. The molecule has 0 spiro atoms. The normalized spacial score (nSPS) is 22.4. The van der Waals surface area contributed by atoms with E-state index in [0.717, 1.165) is 22.8 Å². The minimum atomic E-state index is -0.476. The van der Waals surface area contributed by atoms with Gasteiger partial charge in [-0.2, -0.15) is 0 Å². The second-order valence-electron chi connectivity index (χ2n) is 18.2. The Kier molecular flexibility index (Phi) is 10.1. The fraction of sp³-hybridized carbons (Fsp3) is 0.455. The molecule has 54 heavy (non-hydrogen) atoms. The fourth-order valence-corrected chi connectivity index (χ4v) is 7.72. The fourth-order valence-electron chi connectivity index (χ4n) is 7.36. The van der Waals surface area contributed by atoms with Crippen molar-refractivity contribution in [3.05, 3.63) is 112 Å². The first-order valence-electron chi connectivity index (χ1n) is 19.2. The Morgan fingerprint density at radius 3 is 1.20 bits per heavy atom. The van der Waals surface area contributed by atoms with Gasteiger partial charge in [0.25, 0.3) is 0 Å². The molecule has 2 aliphatic carbocycles. The lowest BCUT2D eigenvalue weighted by atomic mass is 9.49. The van der Waals surface area contributed by atoms with Crippen LogP contribution in [0.4, 0.5) is 0 Å². The molecule has 282 valence electrons. The number of hydrogen-bond donors (Lipinski definition) is 0. The Labute approximate surface area is 332 Å². The highest BCUT2D eigenvalue weighted by Gasteiger charge is 2.63. The van der Waals surface area contributed by atoms with Crippen LogP contribution in [0.5, 0.6) is 0 Å². The highest BCUT2D eigenvalue weighted by Crippen LogP contribution is 2.44. The van der Waals surface area contributed by atoms with Gasteiger partial charge in [0.15, 0.2) is 0 Å². The summed E-state index contributed by atoms with van der Waals surface area (Å²) in [4.78, 5) is 0. The third kappa shape index (κ3) is 7.21. The van der Waals surface area contributed by atoms with Crippen LogP contribution in [0.15, 0.2) is 89.4 Å². The minimum absolute atomic E-state index is 0.289. The Hall–Kier alpha value is -2.69. The molecule has 0 N–H and O–H groups in total. The molecule has 0 aromatic heterocycles. The molecule has 6 nitrogen and oxygen atoms in total. The van der Waals surface area contributed by atoms with Crippen molar-refractivity contribution in [1.82, 2.24) is 0 Å². The number of halogens is 1. The molecular formula is C44H54B3BrO6. The van der Waals surface area contributed by atoms with Crippen LogP contribution in [-0.2, 0) is 40.8 Å². The van der Waals surface area contributed by atoms with E-state index in [0.29, 0.717) is 0 Å². The molecule has 3 aliphatic heterocycles. The summed E-state index contributed by atoms with van der Waals surface area (Å²) < 4.78 is 37.4. The first-order valence-corrected chi connectivity index (χ1v) is 20.0. The number of fused-ring (bicyclic) bond motifs is 6. The monoisotopic (exact) mass is 790 g/mol. The van der Waals surface area contributed by atoms with Crippen molar-refractivity contribution in [2.75, 3.05) is 0 Å². The molecule has 0 unspecified atom stereocenters. The largest absolute Gasteiger partial charge is 0.494 e. The zero-order valence-electron chi connectivity index (χ0n) is 34.1. The van der Waals surface area contributed by atoms with E-state index in [-0.39, 0.29) is 40.7 Å². The topological polar surface area (TPSA) is 55.4 Å². The van der Waals surface area contributed by atoms with E-state index in [1.54, 1.807) is 0 Å². The van der Waals surface area contributed by atoms with E-state index in [2.05, 4.69) is 129 Å². The lowest BCUT2D eigenvalue weighted by Gasteiger charge is -2.32. The molecule has 4 aromatic carbocycles. The average Bonchev–Trinajstić information content (AvgIpc) is 3.81. The summed E-state index contributed by atoms with van der Waals surface area (Å²) in [5.74, 6) is 0. The van der Waals surface area contributed by atoms with Gasteiger partial charge in [-0.05, 0) is 158 Å². The van der Waals surface area contributed by atoms with Gasteiger partial charge in [0.05, 0.1) is 33.6 Å². The number of hydrogen-bond acceptors (Lipinski definition) is 6. The van der Waals surface area contributed by atoms with Gasteiger partial charge in [-0.25, -0.2) is 0 Å². The molecule has 3 fully saturated rings.